The van der Waals surface area contributed by atoms with Crippen LogP contribution in [0.15, 0.2) is 58.2 Å². The molecular weight excluding hydrogens is 474 g/mol. The molecule has 0 aliphatic heterocycles. The number of hydrogen-bond acceptors (Lipinski definition) is 5. The lowest BCUT2D eigenvalue weighted by molar-refractivity contribution is -0.115. The topological polar surface area (TPSA) is 57.1 Å². The Bertz CT molecular complexity index is 1100. The summed E-state index contributed by atoms with van der Waals surface area (Å²) in [7, 11) is 3.23. The second-order valence-corrected chi connectivity index (χ2v) is 10.1. The Morgan fingerprint density at radius 1 is 1.00 bits per heavy atom. The molecule has 0 heterocycles. The van der Waals surface area contributed by atoms with Gasteiger partial charge in [0.2, 0.25) is 0 Å². The zero-order chi connectivity index (χ0) is 25.3. The quantitative estimate of drug-likeness (QED) is 0.250. The van der Waals surface area contributed by atoms with Crippen molar-refractivity contribution in [2.75, 3.05) is 20.8 Å². The number of aliphatic imine (C=N–C) groups is 1. The van der Waals surface area contributed by atoms with Gasteiger partial charge < -0.3 is 14.2 Å². The van der Waals surface area contributed by atoms with Gasteiger partial charge in [-0.25, -0.2) is 0 Å². The second-order valence-electron chi connectivity index (χ2n) is 9.67. The van der Waals surface area contributed by atoms with Gasteiger partial charge in [-0.15, -0.1) is 0 Å². The van der Waals surface area contributed by atoms with E-state index in [-0.39, 0.29) is 11.7 Å². The number of benzene rings is 2. The third kappa shape index (κ3) is 6.91. The van der Waals surface area contributed by atoms with Crippen LogP contribution in [0.4, 0.5) is 0 Å². The van der Waals surface area contributed by atoms with E-state index >= 15 is 0 Å². The van der Waals surface area contributed by atoms with E-state index in [4.69, 9.17) is 25.8 Å². The molecule has 1 saturated carbocycles. The maximum Gasteiger partial charge on any atom is 0.177 e. The van der Waals surface area contributed by atoms with Crippen LogP contribution in [0.25, 0.3) is 0 Å². The summed E-state index contributed by atoms with van der Waals surface area (Å²) < 4.78 is 16.8. The first-order chi connectivity index (χ1) is 17.6. The highest BCUT2D eigenvalue weighted by atomic mass is 35.5. The number of allylic oxidation sites excluding steroid dienone is 2. The minimum Gasteiger partial charge on any atom is -0.493 e. The van der Waals surface area contributed by atoms with E-state index in [2.05, 4.69) is 23.2 Å². The lowest BCUT2D eigenvalue weighted by Gasteiger charge is -2.16. The number of hydrogen-bond donors (Lipinski definition) is 0. The van der Waals surface area contributed by atoms with Crippen LogP contribution >= 0.6 is 11.6 Å². The average Bonchev–Trinajstić information content (AvgIpc) is 3.09. The van der Waals surface area contributed by atoms with Crippen LogP contribution in [0.1, 0.15) is 68.4 Å². The zero-order valence-electron chi connectivity index (χ0n) is 21.3. The molecule has 6 heteroatoms. The number of carbonyl (C=O) groups is 1. The van der Waals surface area contributed by atoms with E-state index in [0.29, 0.717) is 54.0 Å². The van der Waals surface area contributed by atoms with Crippen molar-refractivity contribution >= 4 is 23.6 Å². The Balaban J connectivity index is 1.28. The Morgan fingerprint density at radius 2 is 1.78 bits per heavy atom. The van der Waals surface area contributed by atoms with Crippen LogP contribution in [0.5, 0.6) is 17.2 Å². The SMILES string of the molecule is COc1ccc(CCN=CC(=O)C2CC(Cl)=C(Oc3cccc(C4CCCCCC4)c3)C2)cc1OC. The monoisotopic (exact) mass is 509 g/mol. The highest BCUT2D eigenvalue weighted by Gasteiger charge is 2.29. The maximum atomic E-state index is 12.8. The number of halogens is 1. The van der Waals surface area contributed by atoms with E-state index in [0.717, 1.165) is 11.3 Å². The summed E-state index contributed by atoms with van der Waals surface area (Å²) in [5, 5.41) is 0.631. The summed E-state index contributed by atoms with van der Waals surface area (Å²) in [5.74, 6) is 3.27. The largest absolute Gasteiger partial charge is 0.493 e. The van der Waals surface area contributed by atoms with Gasteiger partial charge in [0.25, 0.3) is 0 Å². The Kier molecular flexibility index (Phi) is 9.46. The molecule has 1 fully saturated rings. The van der Waals surface area contributed by atoms with Gasteiger partial charge in [-0.1, -0.05) is 55.5 Å². The molecule has 4 rings (SSSR count). The van der Waals surface area contributed by atoms with Crippen LogP contribution in [-0.4, -0.2) is 32.8 Å². The van der Waals surface area contributed by atoms with Gasteiger partial charge in [0.05, 0.1) is 25.5 Å². The van der Waals surface area contributed by atoms with E-state index < -0.39 is 0 Å². The van der Waals surface area contributed by atoms with Crippen LogP contribution in [0, 0.1) is 5.92 Å². The van der Waals surface area contributed by atoms with Crippen LogP contribution in [0.3, 0.4) is 0 Å². The van der Waals surface area contributed by atoms with Gasteiger partial charge in [0.15, 0.2) is 17.3 Å². The number of ether oxygens (including phenoxy) is 3. The molecule has 192 valence electrons. The fourth-order valence-electron chi connectivity index (χ4n) is 5.11. The van der Waals surface area contributed by atoms with E-state index in [1.54, 1.807) is 14.2 Å². The van der Waals surface area contributed by atoms with Crippen molar-refractivity contribution in [3.63, 3.8) is 0 Å². The molecule has 2 aromatic carbocycles. The second kappa shape index (κ2) is 13.0. The van der Waals surface area contributed by atoms with E-state index in [1.807, 2.05) is 24.3 Å². The van der Waals surface area contributed by atoms with Gasteiger partial charge in [-0.3, -0.25) is 9.79 Å². The summed E-state index contributed by atoms with van der Waals surface area (Å²) in [4.78, 5) is 17.1. The molecule has 0 amide bonds. The predicted octanol–water partition coefficient (Wildman–Crippen LogP) is 7.26. The summed E-state index contributed by atoms with van der Waals surface area (Å²) in [5.41, 5.74) is 2.42. The first-order valence-electron chi connectivity index (χ1n) is 13.0. The maximum absolute atomic E-state index is 12.8. The highest BCUT2D eigenvalue weighted by Crippen LogP contribution is 2.37. The lowest BCUT2D eigenvalue weighted by atomic mass is 9.92. The van der Waals surface area contributed by atoms with Crippen molar-refractivity contribution < 1.29 is 19.0 Å². The molecule has 2 aliphatic carbocycles. The Hall–Kier alpha value is -2.79. The Labute approximate surface area is 219 Å². The zero-order valence-corrected chi connectivity index (χ0v) is 22.1. The van der Waals surface area contributed by atoms with Crippen LogP contribution in [0.2, 0.25) is 0 Å². The molecule has 2 aromatic rings. The third-order valence-corrected chi connectivity index (χ3v) is 7.55. The summed E-state index contributed by atoms with van der Waals surface area (Å²) >= 11 is 6.51. The molecule has 0 aromatic heterocycles. The lowest BCUT2D eigenvalue weighted by Crippen LogP contribution is -2.14. The molecule has 1 atom stereocenters. The number of Topliss-reactive ketones (excluding diaryl/α,β-unsaturated/α-hetero) is 1. The molecule has 0 N–H and O–H groups in total. The average molecular weight is 510 g/mol. The number of ketones is 1. The van der Waals surface area contributed by atoms with Crippen LogP contribution in [-0.2, 0) is 11.2 Å². The number of methoxy groups -OCH3 is 2. The van der Waals surface area contributed by atoms with Crippen molar-refractivity contribution in [1.82, 2.24) is 0 Å². The summed E-state index contributed by atoms with van der Waals surface area (Å²) in [6.07, 6.45) is 10.9. The van der Waals surface area contributed by atoms with Crippen molar-refractivity contribution in [3.8, 4) is 17.2 Å². The normalized spacial score (nSPS) is 18.9. The van der Waals surface area contributed by atoms with Gasteiger partial charge >= 0.3 is 0 Å². The van der Waals surface area contributed by atoms with Gasteiger partial charge in [0.1, 0.15) is 11.5 Å². The van der Waals surface area contributed by atoms with E-state index in [1.165, 1.54) is 50.3 Å². The molecule has 2 aliphatic rings. The van der Waals surface area contributed by atoms with Gasteiger partial charge in [-0.05, 0) is 67.0 Å². The molecule has 0 radical (unpaired) electrons. The molecule has 36 heavy (non-hydrogen) atoms. The van der Waals surface area contributed by atoms with Gasteiger partial charge in [-0.2, -0.15) is 0 Å². The smallest absolute Gasteiger partial charge is 0.177 e. The first kappa shape index (κ1) is 26.3. The molecule has 1 unspecified atom stereocenters. The van der Waals surface area contributed by atoms with Crippen molar-refractivity contribution in [3.05, 3.63) is 64.4 Å². The number of carbonyl (C=O) groups excluding carboxylic acids is 1. The molecule has 0 saturated heterocycles. The van der Waals surface area contributed by atoms with Gasteiger partial charge in [0, 0.05) is 18.9 Å². The molecule has 0 spiro atoms. The fourth-order valence-corrected chi connectivity index (χ4v) is 5.41. The van der Waals surface area contributed by atoms with Crippen molar-refractivity contribution in [2.24, 2.45) is 10.9 Å². The molecular formula is C30H36ClNO4. The van der Waals surface area contributed by atoms with Crippen molar-refractivity contribution in [2.45, 2.75) is 63.7 Å². The minimum atomic E-state index is -0.220. The standard InChI is InChI=1S/C30H36ClNO4/c1-34-28-13-12-21(16-30(28)35-2)14-15-32-20-27(33)24-18-26(31)29(19-24)36-25-11-7-10-23(17-25)22-8-5-3-4-6-9-22/h7,10-13,16-17,20,22,24H,3-6,8-9,14-15,18-19H2,1-2H3. The summed E-state index contributed by atoms with van der Waals surface area (Å²) in [6, 6.07) is 14.2. The van der Waals surface area contributed by atoms with E-state index in [9.17, 15) is 4.79 Å². The van der Waals surface area contributed by atoms with Crippen LogP contribution < -0.4 is 14.2 Å². The molecule has 0 bridgehead atoms. The first-order valence-corrected chi connectivity index (χ1v) is 13.3. The highest BCUT2D eigenvalue weighted by molar-refractivity contribution is 6.32. The number of rotatable bonds is 10. The molecule has 5 nitrogen and oxygen atoms in total. The third-order valence-electron chi connectivity index (χ3n) is 7.18. The van der Waals surface area contributed by atoms with Crippen molar-refractivity contribution in [1.29, 1.82) is 0 Å². The Morgan fingerprint density at radius 3 is 2.53 bits per heavy atom. The summed E-state index contributed by atoms with van der Waals surface area (Å²) in [6.45, 7) is 0.520. The number of nitrogens with zero attached hydrogens (tertiary/aromatic N) is 1. The fraction of sp³-hybridized carbons (Fsp3) is 0.467. The minimum absolute atomic E-state index is 0.00809. The predicted molar refractivity (Wildman–Crippen MR) is 145 cm³/mol.